The molecule has 1 rings (SSSR count). The molecule has 7 heteroatoms. The third-order valence-corrected chi connectivity index (χ3v) is 2.04. The Hall–Kier alpha value is -1.53. The summed E-state index contributed by atoms with van der Waals surface area (Å²) in [5, 5.41) is 0. The lowest BCUT2D eigenvalue weighted by atomic mass is 10.1. The van der Waals surface area contributed by atoms with Crippen LogP contribution in [0, 0.1) is 0 Å². The third-order valence-electron chi connectivity index (χ3n) is 2.04. The van der Waals surface area contributed by atoms with E-state index in [9.17, 15) is 22.0 Å². The molecule has 0 aliphatic rings. The first-order valence-corrected chi connectivity index (χ1v) is 4.64. The molecule has 0 aliphatic carbocycles. The molecule has 0 fully saturated rings. The van der Waals surface area contributed by atoms with Gasteiger partial charge in [0, 0.05) is 12.6 Å². The van der Waals surface area contributed by atoms with E-state index in [0.29, 0.717) is 5.69 Å². The molecular formula is C10H9F5N2. The lowest BCUT2D eigenvalue weighted by Gasteiger charge is -2.18. The number of rotatable bonds is 4. The van der Waals surface area contributed by atoms with E-state index in [-0.39, 0.29) is 5.69 Å². The van der Waals surface area contributed by atoms with Crippen molar-refractivity contribution in [2.24, 2.45) is 0 Å². The van der Waals surface area contributed by atoms with Crippen molar-refractivity contribution in [1.82, 2.24) is 9.97 Å². The van der Waals surface area contributed by atoms with E-state index in [1.54, 1.807) is 0 Å². The molecule has 0 spiro atoms. The van der Waals surface area contributed by atoms with Crippen LogP contribution < -0.4 is 0 Å². The number of halogens is 5. The van der Waals surface area contributed by atoms with Crippen LogP contribution in [0.15, 0.2) is 19.0 Å². The second-order valence-electron chi connectivity index (χ2n) is 3.34. The van der Waals surface area contributed by atoms with Crippen molar-refractivity contribution in [3.63, 3.8) is 0 Å². The Kier molecular flexibility index (Phi) is 3.79. The lowest BCUT2D eigenvalue weighted by molar-refractivity contribution is -0.284. The molecule has 1 aromatic rings. The van der Waals surface area contributed by atoms with Crippen molar-refractivity contribution < 1.29 is 22.0 Å². The number of aromatic nitrogens is 2. The van der Waals surface area contributed by atoms with E-state index in [2.05, 4.69) is 16.5 Å². The van der Waals surface area contributed by atoms with Gasteiger partial charge in [-0.25, -0.2) is 0 Å². The highest BCUT2D eigenvalue weighted by molar-refractivity contribution is 5.39. The maximum Gasteiger partial charge on any atom is 0.453 e. The van der Waals surface area contributed by atoms with Gasteiger partial charge in [0.2, 0.25) is 0 Å². The molecule has 2 nitrogen and oxygen atoms in total. The molecule has 0 atom stereocenters. The van der Waals surface area contributed by atoms with Gasteiger partial charge in [0.05, 0.1) is 17.6 Å². The third kappa shape index (κ3) is 3.47. The summed E-state index contributed by atoms with van der Waals surface area (Å²) in [5.41, 5.74) is 0.510. The molecule has 0 saturated carbocycles. The molecule has 1 heterocycles. The topological polar surface area (TPSA) is 25.8 Å². The Morgan fingerprint density at radius 3 is 2.18 bits per heavy atom. The van der Waals surface area contributed by atoms with Crippen LogP contribution in [0.1, 0.15) is 17.8 Å². The van der Waals surface area contributed by atoms with Gasteiger partial charge in [-0.3, -0.25) is 9.97 Å². The van der Waals surface area contributed by atoms with E-state index in [4.69, 9.17) is 0 Å². The molecule has 0 saturated heterocycles. The fraction of sp³-hybridized carbons (Fsp3) is 0.400. The second-order valence-corrected chi connectivity index (χ2v) is 3.34. The Bertz CT molecular complexity index is 383. The zero-order chi connectivity index (χ0) is 13.1. The first kappa shape index (κ1) is 13.5. The Labute approximate surface area is 94.2 Å². The highest BCUT2D eigenvalue weighted by Crippen LogP contribution is 2.38. The van der Waals surface area contributed by atoms with E-state index >= 15 is 0 Å². The van der Waals surface area contributed by atoms with Crippen LogP contribution in [0.3, 0.4) is 0 Å². The van der Waals surface area contributed by atoms with Crippen molar-refractivity contribution in [2.45, 2.75) is 24.9 Å². The monoisotopic (exact) mass is 252 g/mol. The van der Waals surface area contributed by atoms with Gasteiger partial charge in [0.1, 0.15) is 0 Å². The molecule has 0 unspecified atom stereocenters. The Morgan fingerprint density at radius 1 is 1.12 bits per heavy atom. The van der Waals surface area contributed by atoms with Crippen LogP contribution in [0.4, 0.5) is 22.0 Å². The molecule has 0 N–H and O–H groups in total. The highest BCUT2D eigenvalue weighted by Gasteiger charge is 2.56. The van der Waals surface area contributed by atoms with Crippen molar-refractivity contribution in [3.8, 4) is 0 Å². The first-order chi connectivity index (χ1) is 7.76. The van der Waals surface area contributed by atoms with Gasteiger partial charge in [-0.05, 0) is 12.5 Å². The summed E-state index contributed by atoms with van der Waals surface area (Å²) in [6.07, 6.45) is -3.55. The minimum atomic E-state index is -5.53. The minimum absolute atomic E-state index is 0.0829. The number of aryl methyl sites for hydroxylation is 1. The van der Waals surface area contributed by atoms with Crippen LogP contribution in [0.2, 0.25) is 0 Å². The van der Waals surface area contributed by atoms with Crippen molar-refractivity contribution in [1.29, 1.82) is 0 Å². The number of alkyl halides is 5. The molecule has 0 radical (unpaired) electrons. The summed E-state index contributed by atoms with van der Waals surface area (Å²) in [6.45, 7) is 3.41. The summed E-state index contributed by atoms with van der Waals surface area (Å²) < 4.78 is 60.7. The molecule has 0 aromatic carbocycles. The van der Waals surface area contributed by atoms with Crippen molar-refractivity contribution in [3.05, 3.63) is 30.4 Å². The fourth-order valence-electron chi connectivity index (χ4n) is 1.03. The summed E-state index contributed by atoms with van der Waals surface area (Å²) in [6, 6.07) is 0. The van der Waals surface area contributed by atoms with Crippen LogP contribution in [-0.2, 0) is 6.42 Å². The largest absolute Gasteiger partial charge is 0.453 e. The number of nitrogens with zero attached hydrogens (tertiary/aromatic N) is 2. The maximum absolute atomic E-state index is 12.6. The zero-order valence-corrected chi connectivity index (χ0v) is 8.64. The van der Waals surface area contributed by atoms with Gasteiger partial charge in [0.25, 0.3) is 0 Å². The van der Waals surface area contributed by atoms with Crippen LogP contribution in [0.25, 0.3) is 6.08 Å². The average Bonchev–Trinajstić information content (AvgIpc) is 2.25. The molecule has 0 bridgehead atoms. The van der Waals surface area contributed by atoms with E-state index in [1.165, 1.54) is 12.3 Å². The van der Waals surface area contributed by atoms with Crippen LogP contribution >= 0.6 is 0 Å². The predicted octanol–water partition coefficient (Wildman–Crippen LogP) is 3.25. The fourth-order valence-corrected chi connectivity index (χ4v) is 1.03. The molecule has 1 aromatic heterocycles. The lowest BCUT2D eigenvalue weighted by Crippen LogP contribution is -2.36. The SMILES string of the molecule is C=Cc1cnc(CCC(F)(F)C(F)(F)F)cn1. The summed E-state index contributed by atoms with van der Waals surface area (Å²) in [5.74, 6) is -4.70. The van der Waals surface area contributed by atoms with E-state index < -0.39 is 24.9 Å². The van der Waals surface area contributed by atoms with E-state index in [0.717, 1.165) is 6.20 Å². The van der Waals surface area contributed by atoms with Crippen LogP contribution in [0.5, 0.6) is 0 Å². The van der Waals surface area contributed by atoms with Crippen molar-refractivity contribution in [2.75, 3.05) is 0 Å². The number of hydrogen-bond acceptors (Lipinski definition) is 2. The molecule has 94 valence electrons. The summed E-state index contributed by atoms with van der Waals surface area (Å²) in [7, 11) is 0. The quantitative estimate of drug-likeness (QED) is 0.769. The van der Waals surface area contributed by atoms with Gasteiger partial charge < -0.3 is 0 Å². The molecule has 0 amide bonds. The molecule has 17 heavy (non-hydrogen) atoms. The Balaban J connectivity index is 2.64. The van der Waals surface area contributed by atoms with Gasteiger partial charge in [-0.15, -0.1) is 0 Å². The predicted molar refractivity (Wildman–Crippen MR) is 51.4 cm³/mol. The normalized spacial score (nSPS) is 12.5. The van der Waals surface area contributed by atoms with E-state index in [1.807, 2.05) is 0 Å². The summed E-state index contributed by atoms with van der Waals surface area (Å²) in [4.78, 5) is 7.45. The molecule has 0 aliphatic heterocycles. The Morgan fingerprint density at radius 2 is 1.76 bits per heavy atom. The number of hydrogen-bond donors (Lipinski definition) is 0. The molecular weight excluding hydrogens is 243 g/mol. The van der Waals surface area contributed by atoms with Gasteiger partial charge in [-0.2, -0.15) is 22.0 Å². The standard InChI is InChI=1S/C10H9F5N2/c1-2-7-5-17-8(6-16-7)3-4-9(11,12)10(13,14)15/h2,5-6H,1,3-4H2. The highest BCUT2D eigenvalue weighted by atomic mass is 19.4. The van der Waals surface area contributed by atoms with Gasteiger partial charge in [0.15, 0.2) is 0 Å². The maximum atomic E-state index is 12.6. The first-order valence-electron chi connectivity index (χ1n) is 4.64. The summed E-state index contributed by atoms with van der Waals surface area (Å²) >= 11 is 0. The smallest absolute Gasteiger partial charge is 0.257 e. The van der Waals surface area contributed by atoms with Crippen LogP contribution in [-0.4, -0.2) is 22.1 Å². The van der Waals surface area contributed by atoms with Gasteiger partial charge >= 0.3 is 12.1 Å². The van der Waals surface area contributed by atoms with Crippen molar-refractivity contribution >= 4 is 6.08 Å². The second kappa shape index (κ2) is 4.77. The average molecular weight is 252 g/mol. The van der Waals surface area contributed by atoms with Gasteiger partial charge in [-0.1, -0.05) is 6.58 Å². The minimum Gasteiger partial charge on any atom is -0.257 e. The zero-order valence-electron chi connectivity index (χ0n) is 8.64.